The van der Waals surface area contributed by atoms with Gasteiger partial charge in [-0.3, -0.25) is 0 Å². The summed E-state index contributed by atoms with van der Waals surface area (Å²) in [5, 5.41) is 1.29. The van der Waals surface area contributed by atoms with Gasteiger partial charge in [-0.15, -0.1) is 24.0 Å². The molecular weight excluding hydrogens is 415 g/mol. The summed E-state index contributed by atoms with van der Waals surface area (Å²) in [6, 6.07) is 17.2. The maximum Gasteiger partial charge on any atom is 0.262 e. The summed E-state index contributed by atoms with van der Waals surface area (Å²) in [6.07, 6.45) is 4.41. The van der Waals surface area contributed by atoms with Gasteiger partial charge in [0, 0.05) is 31.9 Å². The number of halogens is 1. The molecule has 3 aromatic rings. The second-order valence-electron chi connectivity index (χ2n) is 5.47. The highest BCUT2D eigenvalue weighted by molar-refractivity contribution is 14.0. The molecule has 0 aliphatic heterocycles. The van der Waals surface area contributed by atoms with Crippen LogP contribution >= 0.6 is 35.3 Å². The molecule has 0 N–H and O–H groups in total. The molecule has 0 saturated heterocycles. The fourth-order valence-corrected chi connectivity index (χ4v) is 3.68. The van der Waals surface area contributed by atoms with Crippen molar-refractivity contribution in [3.63, 3.8) is 0 Å². The first-order chi connectivity index (χ1) is 10.7. The van der Waals surface area contributed by atoms with Crippen LogP contribution in [0.5, 0.6) is 0 Å². The van der Waals surface area contributed by atoms with Crippen molar-refractivity contribution < 1.29 is 4.57 Å². The second-order valence-corrected chi connectivity index (χ2v) is 6.53. The maximum atomic E-state index is 2.37. The maximum absolute atomic E-state index is 2.37. The molecule has 0 unspecified atom stereocenters. The van der Waals surface area contributed by atoms with E-state index in [1.165, 1.54) is 26.5 Å². The van der Waals surface area contributed by atoms with Crippen LogP contribution in [-0.4, -0.2) is 14.1 Å². The van der Waals surface area contributed by atoms with Gasteiger partial charge in [-0.2, -0.15) is 4.57 Å². The van der Waals surface area contributed by atoms with Crippen LogP contribution < -0.4 is 9.47 Å². The van der Waals surface area contributed by atoms with Gasteiger partial charge in [0.05, 0.1) is 0 Å². The molecule has 0 spiro atoms. The van der Waals surface area contributed by atoms with Crippen LogP contribution in [0.4, 0.5) is 5.69 Å². The van der Waals surface area contributed by atoms with Crippen molar-refractivity contribution >= 4 is 63.4 Å². The Balaban J connectivity index is 0.00000192. The standard InChI is InChI=1S/C19H21N2S.HI/c1-4-21-17-7-5-6-8-18(17)22-19(21)14-11-15-9-12-16(13-10-15)20(2)3;/h5-14H,4H2,1-3H3;1H/q+1;. The van der Waals surface area contributed by atoms with E-state index in [2.05, 4.69) is 91.2 Å². The van der Waals surface area contributed by atoms with Crippen molar-refractivity contribution in [2.75, 3.05) is 19.0 Å². The van der Waals surface area contributed by atoms with E-state index in [9.17, 15) is 0 Å². The van der Waals surface area contributed by atoms with E-state index in [4.69, 9.17) is 0 Å². The van der Waals surface area contributed by atoms with Gasteiger partial charge in [0.25, 0.3) is 5.01 Å². The highest BCUT2D eigenvalue weighted by Gasteiger charge is 2.15. The largest absolute Gasteiger partial charge is 0.378 e. The van der Waals surface area contributed by atoms with Crippen molar-refractivity contribution in [3.8, 4) is 0 Å². The van der Waals surface area contributed by atoms with Gasteiger partial charge in [0.1, 0.15) is 11.2 Å². The van der Waals surface area contributed by atoms with Gasteiger partial charge in [0.2, 0.25) is 5.52 Å². The Morgan fingerprint density at radius 3 is 2.35 bits per heavy atom. The Morgan fingerprint density at radius 2 is 1.70 bits per heavy atom. The summed E-state index contributed by atoms with van der Waals surface area (Å²) in [7, 11) is 4.12. The summed E-state index contributed by atoms with van der Waals surface area (Å²) < 4.78 is 3.71. The molecule has 120 valence electrons. The number of hydrogen-bond donors (Lipinski definition) is 0. The molecule has 0 fully saturated rings. The van der Waals surface area contributed by atoms with Crippen LogP contribution in [0.3, 0.4) is 0 Å². The smallest absolute Gasteiger partial charge is 0.262 e. The lowest BCUT2D eigenvalue weighted by Gasteiger charge is -2.11. The van der Waals surface area contributed by atoms with Gasteiger partial charge < -0.3 is 4.90 Å². The van der Waals surface area contributed by atoms with Crippen LogP contribution in [0, 0.1) is 0 Å². The minimum absolute atomic E-state index is 0. The number of aromatic nitrogens is 1. The Labute approximate surface area is 159 Å². The van der Waals surface area contributed by atoms with Crippen LogP contribution in [0.15, 0.2) is 48.5 Å². The van der Waals surface area contributed by atoms with Crippen LogP contribution in [0.1, 0.15) is 17.5 Å². The molecule has 0 aliphatic rings. The first kappa shape index (κ1) is 17.9. The van der Waals surface area contributed by atoms with Gasteiger partial charge in [-0.05, 0) is 36.8 Å². The van der Waals surface area contributed by atoms with Crippen LogP contribution in [0.25, 0.3) is 22.4 Å². The minimum atomic E-state index is 0. The molecule has 0 atom stereocenters. The molecule has 2 aromatic carbocycles. The van der Waals surface area contributed by atoms with Crippen molar-refractivity contribution in [2.45, 2.75) is 13.5 Å². The zero-order valence-electron chi connectivity index (χ0n) is 13.7. The molecule has 4 heteroatoms. The zero-order chi connectivity index (χ0) is 15.5. The van der Waals surface area contributed by atoms with Crippen LogP contribution in [-0.2, 0) is 6.54 Å². The molecular formula is C19H22IN2S+. The Kier molecular flexibility index (Phi) is 6.18. The fourth-order valence-electron chi connectivity index (χ4n) is 2.55. The highest BCUT2D eigenvalue weighted by atomic mass is 127. The Bertz CT molecular complexity index is 804. The fraction of sp³-hybridized carbons (Fsp3) is 0.211. The van der Waals surface area contributed by atoms with Gasteiger partial charge >= 0.3 is 0 Å². The van der Waals surface area contributed by atoms with E-state index < -0.39 is 0 Å². The molecule has 1 heterocycles. The number of rotatable bonds is 4. The summed E-state index contributed by atoms with van der Waals surface area (Å²) in [6.45, 7) is 3.19. The predicted molar refractivity (Wildman–Crippen MR) is 113 cm³/mol. The van der Waals surface area contributed by atoms with Gasteiger partial charge in [-0.25, -0.2) is 0 Å². The molecule has 3 rings (SSSR count). The quantitative estimate of drug-likeness (QED) is 0.409. The van der Waals surface area contributed by atoms with Crippen molar-refractivity contribution in [1.82, 2.24) is 0 Å². The molecule has 0 radical (unpaired) electrons. The van der Waals surface area contributed by atoms with E-state index in [1.54, 1.807) is 0 Å². The third kappa shape index (κ3) is 3.93. The second kappa shape index (κ2) is 7.93. The van der Waals surface area contributed by atoms with Crippen molar-refractivity contribution in [3.05, 3.63) is 59.1 Å². The topological polar surface area (TPSA) is 7.12 Å². The monoisotopic (exact) mass is 437 g/mol. The number of para-hydroxylation sites is 1. The normalized spacial score (nSPS) is 10.9. The number of nitrogens with zero attached hydrogens (tertiary/aromatic N) is 2. The lowest BCUT2D eigenvalue weighted by molar-refractivity contribution is -0.665. The molecule has 1 aromatic heterocycles. The number of thiazole rings is 1. The summed E-state index contributed by atoms with van der Waals surface area (Å²) >= 11 is 1.84. The molecule has 0 aliphatic carbocycles. The highest BCUT2D eigenvalue weighted by Crippen LogP contribution is 2.22. The number of benzene rings is 2. The predicted octanol–water partition coefficient (Wildman–Crippen LogP) is 5.06. The van der Waals surface area contributed by atoms with Crippen molar-refractivity contribution in [2.24, 2.45) is 0 Å². The molecule has 0 amide bonds. The first-order valence-electron chi connectivity index (χ1n) is 7.56. The van der Waals surface area contributed by atoms with E-state index in [-0.39, 0.29) is 24.0 Å². The van der Waals surface area contributed by atoms with Crippen LogP contribution in [0.2, 0.25) is 0 Å². The third-order valence-electron chi connectivity index (χ3n) is 3.78. The summed E-state index contributed by atoms with van der Waals surface area (Å²) in [4.78, 5) is 2.12. The minimum Gasteiger partial charge on any atom is -0.378 e. The third-order valence-corrected chi connectivity index (χ3v) is 4.91. The summed E-state index contributed by atoms with van der Waals surface area (Å²) in [5.74, 6) is 0. The Morgan fingerprint density at radius 1 is 1.00 bits per heavy atom. The van der Waals surface area contributed by atoms with Gasteiger partial charge in [0.15, 0.2) is 0 Å². The molecule has 0 saturated carbocycles. The molecule has 0 bridgehead atoms. The van der Waals surface area contributed by atoms with E-state index in [0.717, 1.165) is 6.54 Å². The average molecular weight is 437 g/mol. The number of fused-ring (bicyclic) bond motifs is 1. The molecule has 23 heavy (non-hydrogen) atoms. The first-order valence-corrected chi connectivity index (χ1v) is 8.37. The molecule has 2 nitrogen and oxygen atoms in total. The lowest BCUT2D eigenvalue weighted by Crippen LogP contribution is -2.33. The Hall–Kier alpha value is -1.40. The van der Waals surface area contributed by atoms with E-state index in [0.29, 0.717) is 0 Å². The number of hydrogen-bond acceptors (Lipinski definition) is 2. The number of anilines is 1. The van der Waals surface area contributed by atoms with Gasteiger partial charge in [-0.1, -0.05) is 35.6 Å². The van der Waals surface area contributed by atoms with Crippen molar-refractivity contribution in [1.29, 1.82) is 0 Å². The summed E-state index contributed by atoms with van der Waals surface area (Å²) in [5.41, 5.74) is 3.77. The average Bonchev–Trinajstić information content (AvgIpc) is 2.90. The van der Waals surface area contributed by atoms with E-state index >= 15 is 0 Å². The zero-order valence-corrected chi connectivity index (χ0v) is 16.8. The van der Waals surface area contributed by atoms with E-state index in [1.807, 2.05) is 11.3 Å². The lowest BCUT2D eigenvalue weighted by atomic mass is 10.2. The SMILES string of the molecule is CC[n+]1c(/C=C/c2ccc(N(C)C)cc2)sc2ccccc21.I. The number of aryl methyl sites for hydroxylation is 1.